The molecular formula is C19H16F4N2O2. The SMILES string of the molecule is O=C(NCCc1ccc(F)cc1)C1CC1C(=O)Nc1ccc(F)c(F)c1F. The van der Waals surface area contributed by atoms with E-state index < -0.39 is 40.9 Å². The highest BCUT2D eigenvalue weighted by atomic mass is 19.2. The molecule has 0 bridgehead atoms. The van der Waals surface area contributed by atoms with Gasteiger partial charge in [-0.25, -0.2) is 17.6 Å². The molecule has 2 atom stereocenters. The second-order valence-electron chi connectivity index (χ2n) is 6.33. The van der Waals surface area contributed by atoms with Crippen LogP contribution in [0.15, 0.2) is 36.4 Å². The van der Waals surface area contributed by atoms with Gasteiger partial charge < -0.3 is 10.6 Å². The highest BCUT2D eigenvalue weighted by Gasteiger charge is 2.48. The van der Waals surface area contributed by atoms with Crippen LogP contribution in [0.3, 0.4) is 0 Å². The normalized spacial score (nSPS) is 18.1. The van der Waals surface area contributed by atoms with Crippen molar-refractivity contribution >= 4 is 17.5 Å². The third kappa shape index (κ3) is 4.45. The molecular weight excluding hydrogens is 364 g/mol. The van der Waals surface area contributed by atoms with Crippen molar-refractivity contribution in [3.05, 3.63) is 65.2 Å². The van der Waals surface area contributed by atoms with E-state index in [-0.39, 0.29) is 11.7 Å². The fourth-order valence-corrected chi connectivity index (χ4v) is 2.73. The van der Waals surface area contributed by atoms with Gasteiger partial charge in [-0.05, 0) is 42.7 Å². The Morgan fingerprint density at radius 3 is 2.26 bits per heavy atom. The molecule has 0 heterocycles. The van der Waals surface area contributed by atoms with Gasteiger partial charge in [0.1, 0.15) is 5.82 Å². The molecule has 0 radical (unpaired) electrons. The van der Waals surface area contributed by atoms with Crippen LogP contribution in [0.1, 0.15) is 12.0 Å². The average molecular weight is 380 g/mol. The van der Waals surface area contributed by atoms with E-state index in [2.05, 4.69) is 10.6 Å². The molecule has 1 fully saturated rings. The fourth-order valence-electron chi connectivity index (χ4n) is 2.73. The molecule has 0 aliphatic heterocycles. The summed E-state index contributed by atoms with van der Waals surface area (Å²) >= 11 is 0. The Hall–Kier alpha value is -2.90. The van der Waals surface area contributed by atoms with Crippen LogP contribution in [0.25, 0.3) is 0 Å². The van der Waals surface area contributed by atoms with E-state index in [9.17, 15) is 27.2 Å². The van der Waals surface area contributed by atoms with Gasteiger partial charge >= 0.3 is 0 Å². The van der Waals surface area contributed by atoms with Gasteiger partial charge in [0.05, 0.1) is 17.5 Å². The molecule has 2 aromatic carbocycles. The summed E-state index contributed by atoms with van der Waals surface area (Å²) in [6.45, 7) is 0.326. The molecule has 0 saturated heterocycles. The van der Waals surface area contributed by atoms with E-state index in [0.29, 0.717) is 25.5 Å². The van der Waals surface area contributed by atoms with Crippen LogP contribution in [0.2, 0.25) is 0 Å². The minimum atomic E-state index is -1.67. The van der Waals surface area contributed by atoms with E-state index in [4.69, 9.17) is 0 Å². The average Bonchev–Trinajstić information content (AvgIpc) is 3.45. The van der Waals surface area contributed by atoms with Crippen molar-refractivity contribution in [3.63, 3.8) is 0 Å². The van der Waals surface area contributed by atoms with Gasteiger partial charge in [-0.2, -0.15) is 0 Å². The number of rotatable bonds is 6. The van der Waals surface area contributed by atoms with Gasteiger partial charge in [0, 0.05) is 6.54 Å². The Kier molecular flexibility index (Phi) is 5.43. The number of carbonyl (C=O) groups is 2. The molecule has 0 aromatic heterocycles. The lowest BCUT2D eigenvalue weighted by atomic mass is 10.1. The van der Waals surface area contributed by atoms with Crippen LogP contribution in [0.5, 0.6) is 0 Å². The minimum Gasteiger partial charge on any atom is -0.356 e. The van der Waals surface area contributed by atoms with Crippen LogP contribution in [0, 0.1) is 35.1 Å². The van der Waals surface area contributed by atoms with Crippen LogP contribution in [-0.4, -0.2) is 18.4 Å². The molecule has 2 amide bonds. The Labute approximate surface area is 152 Å². The maximum absolute atomic E-state index is 13.6. The van der Waals surface area contributed by atoms with Crippen molar-refractivity contribution in [3.8, 4) is 0 Å². The third-order valence-corrected chi connectivity index (χ3v) is 4.38. The number of benzene rings is 2. The molecule has 3 rings (SSSR count). The summed E-state index contributed by atoms with van der Waals surface area (Å²) in [6, 6.07) is 7.52. The highest BCUT2D eigenvalue weighted by Crippen LogP contribution is 2.39. The number of carbonyl (C=O) groups excluding carboxylic acids is 2. The van der Waals surface area contributed by atoms with Crippen LogP contribution in [0.4, 0.5) is 23.2 Å². The summed E-state index contributed by atoms with van der Waals surface area (Å²) in [4.78, 5) is 24.1. The second kappa shape index (κ2) is 7.77. The van der Waals surface area contributed by atoms with E-state index in [1.54, 1.807) is 12.1 Å². The number of halogens is 4. The Balaban J connectivity index is 1.47. The number of nitrogens with one attached hydrogen (secondary N) is 2. The Bertz CT molecular complexity index is 871. The van der Waals surface area contributed by atoms with Gasteiger partial charge in [0.15, 0.2) is 17.5 Å². The number of hydrogen-bond acceptors (Lipinski definition) is 2. The fraction of sp³-hybridized carbons (Fsp3) is 0.263. The van der Waals surface area contributed by atoms with Crippen LogP contribution < -0.4 is 10.6 Å². The standard InChI is InChI=1S/C19H16F4N2O2/c20-11-3-1-10(2-4-11)7-8-24-18(26)12-9-13(12)19(27)25-15-6-5-14(21)16(22)17(15)23/h1-6,12-13H,7-9H2,(H,24,26)(H,25,27). The van der Waals surface area contributed by atoms with Crippen molar-refractivity contribution in [1.82, 2.24) is 5.32 Å². The number of amides is 2. The molecule has 1 aliphatic carbocycles. The zero-order valence-electron chi connectivity index (χ0n) is 14.1. The van der Waals surface area contributed by atoms with E-state index in [1.807, 2.05) is 0 Å². The van der Waals surface area contributed by atoms with E-state index in [1.165, 1.54) is 12.1 Å². The zero-order valence-corrected chi connectivity index (χ0v) is 14.1. The monoisotopic (exact) mass is 380 g/mol. The maximum atomic E-state index is 13.6. The molecule has 4 nitrogen and oxygen atoms in total. The molecule has 27 heavy (non-hydrogen) atoms. The summed E-state index contributed by atoms with van der Waals surface area (Å²) in [5, 5.41) is 4.86. The second-order valence-corrected chi connectivity index (χ2v) is 6.33. The predicted octanol–water partition coefficient (Wildman–Crippen LogP) is 3.18. The summed E-state index contributed by atoms with van der Waals surface area (Å²) in [7, 11) is 0. The molecule has 2 N–H and O–H groups in total. The van der Waals surface area contributed by atoms with E-state index in [0.717, 1.165) is 11.6 Å². The minimum absolute atomic E-state index is 0.291. The van der Waals surface area contributed by atoms with Crippen molar-refractivity contribution in [2.24, 2.45) is 11.8 Å². The lowest BCUT2D eigenvalue weighted by molar-refractivity contribution is -0.125. The summed E-state index contributed by atoms with van der Waals surface area (Å²) in [5.74, 6) is -6.98. The topological polar surface area (TPSA) is 58.2 Å². The molecule has 2 aromatic rings. The molecule has 1 aliphatic rings. The quantitative estimate of drug-likeness (QED) is 0.597. The summed E-state index contributed by atoms with van der Waals surface area (Å²) in [6.07, 6.45) is 0.801. The molecule has 8 heteroatoms. The van der Waals surface area contributed by atoms with Crippen molar-refractivity contribution in [2.75, 3.05) is 11.9 Å². The van der Waals surface area contributed by atoms with Crippen molar-refractivity contribution in [2.45, 2.75) is 12.8 Å². The first kappa shape index (κ1) is 18.9. The van der Waals surface area contributed by atoms with Crippen LogP contribution >= 0.6 is 0 Å². The third-order valence-electron chi connectivity index (χ3n) is 4.38. The molecule has 1 saturated carbocycles. The van der Waals surface area contributed by atoms with E-state index >= 15 is 0 Å². The first-order chi connectivity index (χ1) is 12.9. The van der Waals surface area contributed by atoms with Crippen molar-refractivity contribution in [1.29, 1.82) is 0 Å². The first-order valence-corrected chi connectivity index (χ1v) is 8.33. The molecule has 142 valence electrons. The number of anilines is 1. The summed E-state index contributed by atoms with van der Waals surface area (Å²) < 4.78 is 52.5. The molecule has 0 spiro atoms. The lowest BCUT2D eigenvalue weighted by Gasteiger charge is -2.08. The summed E-state index contributed by atoms with van der Waals surface area (Å²) in [5.41, 5.74) is 0.386. The Morgan fingerprint density at radius 2 is 1.56 bits per heavy atom. The Morgan fingerprint density at radius 1 is 0.889 bits per heavy atom. The van der Waals surface area contributed by atoms with Gasteiger partial charge in [-0.1, -0.05) is 12.1 Å². The van der Waals surface area contributed by atoms with Gasteiger partial charge in [-0.3, -0.25) is 9.59 Å². The lowest BCUT2D eigenvalue weighted by Crippen LogP contribution is -2.29. The number of hydrogen-bond donors (Lipinski definition) is 2. The highest BCUT2D eigenvalue weighted by molar-refractivity contribution is 5.99. The largest absolute Gasteiger partial charge is 0.356 e. The predicted molar refractivity (Wildman–Crippen MR) is 89.7 cm³/mol. The smallest absolute Gasteiger partial charge is 0.228 e. The van der Waals surface area contributed by atoms with Gasteiger partial charge in [-0.15, -0.1) is 0 Å². The van der Waals surface area contributed by atoms with Crippen LogP contribution in [-0.2, 0) is 16.0 Å². The molecule has 2 unspecified atom stereocenters. The maximum Gasteiger partial charge on any atom is 0.228 e. The van der Waals surface area contributed by atoms with Gasteiger partial charge in [0.25, 0.3) is 0 Å². The van der Waals surface area contributed by atoms with Crippen molar-refractivity contribution < 1.29 is 27.2 Å². The van der Waals surface area contributed by atoms with Gasteiger partial charge in [0.2, 0.25) is 11.8 Å². The zero-order chi connectivity index (χ0) is 19.6. The first-order valence-electron chi connectivity index (χ1n) is 8.33.